The Kier molecular flexibility index (Phi) is 4.92. The number of para-hydroxylation sites is 1. The van der Waals surface area contributed by atoms with Crippen LogP contribution >= 0.6 is 0 Å². The Balaban J connectivity index is 1.97. The van der Waals surface area contributed by atoms with Crippen molar-refractivity contribution < 1.29 is 4.74 Å². The van der Waals surface area contributed by atoms with Gasteiger partial charge < -0.3 is 10.1 Å². The summed E-state index contributed by atoms with van der Waals surface area (Å²) in [4.78, 5) is 4.79. The summed E-state index contributed by atoms with van der Waals surface area (Å²) in [6.07, 6.45) is 0. The lowest BCUT2D eigenvalue weighted by molar-refractivity contribution is 0.415. The molecule has 3 aromatic carbocycles. The van der Waals surface area contributed by atoms with Crippen LogP contribution in [-0.2, 0) is 0 Å². The first kappa shape index (κ1) is 15.8. The van der Waals surface area contributed by atoms with Crippen molar-refractivity contribution in [2.45, 2.75) is 6.92 Å². The molecule has 0 saturated carbocycles. The molecular formula is C21H20N2O. The summed E-state index contributed by atoms with van der Waals surface area (Å²) >= 11 is 0. The van der Waals surface area contributed by atoms with Crippen molar-refractivity contribution >= 4 is 17.2 Å². The van der Waals surface area contributed by atoms with E-state index in [2.05, 4.69) is 24.4 Å². The highest BCUT2D eigenvalue weighted by Crippen LogP contribution is 2.18. The molecule has 120 valence electrons. The maximum atomic E-state index is 5.24. The van der Waals surface area contributed by atoms with Gasteiger partial charge in [-0.1, -0.05) is 35.9 Å². The van der Waals surface area contributed by atoms with Crippen LogP contribution in [0.25, 0.3) is 0 Å². The fraction of sp³-hybridized carbons (Fsp3) is 0.0952. The van der Waals surface area contributed by atoms with Crippen molar-refractivity contribution in [3.8, 4) is 5.75 Å². The van der Waals surface area contributed by atoms with Crippen molar-refractivity contribution in [1.82, 2.24) is 0 Å². The number of anilines is 1. The molecule has 24 heavy (non-hydrogen) atoms. The molecule has 1 N–H and O–H groups in total. The number of benzene rings is 3. The van der Waals surface area contributed by atoms with E-state index in [0.29, 0.717) is 0 Å². The molecule has 0 bridgehead atoms. The molecule has 0 fully saturated rings. The van der Waals surface area contributed by atoms with E-state index in [1.54, 1.807) is 7.11 Å². The third kappa shape index (κ3) is 4.02. The molecule has 3 aromatic rings. The molecule has 0 aromatic heterocycles. The first-order valence-corrected chi connectivity index (χ1v) is 7.86. The zero-order valence-electron chi connectivity index (χ0n) is 13.9. The summed E-state index contributed by atoms with van der Waals surface area (Å²) in [6.45, 7) is 2.07. The van der Waals surface area contributed by atoms with Gasteiger partial charge in [-0.05, 0) is 55.5 Å². The number of rotatable bonds is 4. The number of nitrogens with one attached hydrogen (secondary N) is 1. The minimum atomic E-state index is 0.799. The smallest absolute Gasteiger partial charge is 0.138 e. The molecule has 3 nitrogen and oxygen atoms in total. The molecule has 0 aliphatic heterocycles. The molecular weight excluding hydrogens is 296 g/mol. The minimum Gasteiger partial charge on any atom is -0.497 e. The van der Waals surface area contributed by atoms with Gasteiger partial charge in [0.25, 0.3) is 0 Å². The van der Waals surface area contributed by atoms with Crippen LogP contribution in [0.3, 0.4) is 0 Å². The van der Waals surface area contributed by atoms with E-state index in [0.717, 1.165) is 28.5 Å². The number of hydrogen-bond acceptors (Lipinski definition) is 2. The Bertz CT molecular complexity index is 807. The van der Waals surface area contributed by atoms with Crippen LogP contribution in [0.2, 0.25) is 0 Å². The summed E-state index contributed by atoms with van der Waals surface area (Å²) in [5.74, 6) is 1.63. The van der Waals surface area contributed by atoms with E-state index in [-0.39, 0.29) is 0 Å². The highest BCUT2D eigenvalue weighted by atomic mass is 16.5. The second-order valence-electron chi connectivity index (χ2n) is 5.52. The van der Waals surface area contributed by atoms with Gasteiger partial charge in [-0.15, -0.1) is 0 Å². The summed E-state index contributed by atoms with van der Waals surface area (Å²) < 4.78 is 5.24. The number of amidine groups is 1. The molecule has 3 rings (SSSR count). The monoisotopic (exact) mass is 316 g/mol. The van der Waals surface area contributed by atoms with Crippen molar-refractivity contribution in [3.63, 3.8) is 0 Å². The van der Waals surface area contributed by atoms with Crippen LogP contribution in [-0.4, -0.2) is 12.9 Å². The Morgan fingerprint density at radius 2 is 1.50 bits per heavy atom. The van der Waals surface area contributed by atoms with Crippen LogP contribution in [0.1, 0.15) is 11.1 Å². The van der Waals surface area contributed by atoms with Crippen molar-refractivity contribution in [1.29, 1.82) is 0 Å². The maximum absolute atomic E-state index is 5.24. The van der Waals surface area contributed by atoms with Crippen LogP contribution in [0, 0.1) is 6.92 Å². The number of aliphatic imine (C=N–C) groups is 1. The average molecular weight is 316 g/mol. The number of nitrogens with zero attached hydrogens (tertiary/aromatic N) is 1. The molecule has 0 radical (unpaired) electrons. The summed E-state index contributed by atoms with van der Waals surface area (Å²) in [5.41, 5.74) is 4.13. The van der Waals surface area contributed by atoms with Crippen LogP contribution < -0.4 is 10.1 Å². The van der Waals surface area contributed by atoms with Gasteiger partial charge in [-0.25, -0.2) is 4.99 Å². The molecule has 0 heterocycles. The number of ether oxygens (including phenoxy) is 1. The summed E-state index contributed by atoms with van der Waals surface area (Å²) in [6, 6.07) is 26.1. The van der Waals surface area contributed by atoms with E-state index in [1.807, 2.05) is 66.7 Å². The topological polar surface area (TPSA) is 33.6 Å². The summed E-state index contributed by atoms with van der Waals surface area (Å²) in [7, 11) is 1.67. The second-order valence-corrected chi connectivity index (χ2v) is 5.52. The highest BCUT2D eigenvalue weighted by Gasteiger charge is 2.05. The van der Waals surface area contributed by atoms with Gasteiger partial charge in [0, 0.05) is 11.3 Å². The van der Waals surface area contributed by atoms with Gasteiger partial charge in [0.2, 0.25) is 0 Å². The van der Waals surface area contributed by atoms with Gasteiger partial charge >= 0.3 is 0 Å². The highest BCUT2D eigenvalue weighted by molar-refractivity contribution is 6.09. The zero-order valence-corrected chi connectivity index (χ0v) is 13.9. The van der Waals surface area contributed by atoms with Crippen LogP contribution in [0.4, 0.5) is 11.4 Å². The summed E-state index contributed by atoms with van der Waals surface area (Å²) in [5, 5.41) is 3.41. The van der Waals surface area contributed by atoms with Crippen molar-refractivity contribution in [2.24, 2.45) is 4.99 Å². The van der Waals surface area contributed by atoms with Crippen molar-refractivity contribution in [3.05, 3.63) is 90.0 Å². The zero-order chi connectivity index (χ0) is 16.8. The first-order valence-electron chi connectivity index (χ1n) is 7.86. The third-order valence-corrected chi connectivity index (χ3v) is 3.67. The molecule has 0 spiro atoms. The van der Waals surface area contributed by atoms with Gasteiger partial charge in [0.1, 0.15) is 11.6 Å². The molecule has 0 aliphatic carbocycles. The van der Waals surface area contributed by atoms with Gasteiger partial charge in [-0.3, -0.25) is 0 Å². The molecule has 0 atom stereocenters. The lowest BCUT2D eigenvalue weighted by atomic mass is 10.1. The molecule has 0 unspecified atom stereocenters. The van der Waals surface area contributed by atoms with Crippen LogP contribution in [0.15, 0.2) is 83.9 Å². The van der Waals surface area contributed by atoms with Gasteiger partial charge in [0.05, 0.1) is 12.8 Å². The molecule has 0 saturated heterocycles. The number of aryl methyl sites for hydroxylation is 1. The Morgan fingerprint density at radius 1 is 0.833 bits per heavy atom. The lowest BCUT2D eigenvalue weighted by Gasteiger charge is -2.11. The first-order chi connectivity index (χ1) is 11.7. The Hall–Kier alpha value is -3.07. The fourth-order valence-corrected chi connectivity index (χ4v) is 2.32. The van der Waals surface area contributed by atoms with Crippen LogP contribution in [0.5, 0.6) is 5.75 Å². The molecule has 0 aliphatic rings. The van der Waals surface area contributed by atoms with E-state index < -0.39 is 0 Å². The molecule has 0 amide bonds. The standard InChI is InChI=1S/C21H20N2O/c1-16-8-12-19(13-9-16)23-21(22-18-6-4-3-5-7-18)17-10-14-20(24-2)15-11-17/h3-15H,1-2H3,(H,22,23). The normalized spacial score (nSPS) is 11.2. The average Bonchev–Trinajstić information content (AvgIpc) is 2.64. The van der Waals surface area contributed by atoms with Gasteiger partial charge in [0.15, 0.2) is 0 Å². The van der Waals surface area contributed by atoms with E-state index in [4.69, 9.17) is 9.73 Å². The number of methoxy groups -OCH3 is 1. The SMILES string of the molecule is COc1ccc(C(=Nc2ccc(C)cc2)Nc2ccccc2)cc1. The van der Waals surface area contributed by atoms with E-state index in [1.165, 1.54) is 5.56 Å². The predicted octanol–water partition coefficient (Wildman–Crippen LogP) is 5.19. The minimum absolute atomic E-state index is 0.799. The third-order valence-electron chi connectivity index (χ3n) is 3.67. The maximum Gasteiger partial charge on any atom is 0.138 e. The fourth-order valence-electron chi connectivity index (χ4n) is 2.32. The molecule has 3 heteroatoms. The van der Waals surface area contributed by atoms with E-state index >= 15 is 0 Å². The number of hydrogen-bond donors (Lipinski definition) is 1. The Morgan fingerprint density at radius 3 is 2.12 bits per heavy atom. The largest absolute Gasteiger partial charge is 0.497 e. The quantitative estimate of drug-likeness (QED) is 0.530. The Labute approximate surface area is 142 Å². The van der Waals surface area contributed by atoms with Gasteiger partial charge in [-0.2, -0.15) is 0 Å². The predicted molar refractivity (Wildman–Crippen MR) is 100 cm³/mol. The lowest BCUT2D eigenvalue weighted by Crippen LogP contribution is -2.13. The van der Waals surface area contributed by atoms with E-state index in [9.17, 15) is 0 Å². The second kappa shape index (κ2) is 7.47. The van der Waals surface area contributed by atoms with Crippen molar-refractivity contribution in [2.75, 3.05) is 12.4 Å².